The highest BCUT2D eigenvalue weighted by molar-refractivity contribution is 6.30. The van der Waals surface area contributed by atoms with E-state index in [0.29, 0.717) is 0 Å². The molecule has 0 aliphatic carbocycles. The molecule has 0 aliphatic rings. The Balaban J connectivity index is 3.20. The summed E-state index contributed by atoms with van der Waals surface area (Å²) in [5.41, 5.74) is 5.07. The Labute approximate surface area is 85.3 Å². The van der Waals surface area contributed by atoms with Gasteiger partial charge in [-0.25, -0.2) is 8.78 Å². The first-order chi connectivity index (χ1) is 6.43. The number of hydrogen-bond acceptors (Lipinski definition) is 2. The molecule has 0 bridgehead atoms. The van der Waals surface area contributed by atoms with E-state index in [9.17, 15) is 8.78 Å². The molecule has 0 saturated carbocycles. The van der Waals surface area contributed by atoms with Gasteiger partial charge in [-0.05, 0) is 19.1 Å². The Morgan fingerprint density at radius 1 is 1.36 bits per heavy atom. The van der Waals surface area contributed by atoms with E-state index in [1.165, 1.54) is 6.92 Å². The van der Waals surface area contributed by atoms with Crippen LogP contribution in [0.15, 0.2) is 12.1 Å². The van der Waals surface area contributed by atoms with Gasteiger partial charge >= 0.3 is 0 Å². The van der Waals surface area contributed by atoms with Gasteiger partial charge in [-0.15, -0.1) is 0 Å². The highest BCUT2D eigenvalue weighted by atomic mass is 35.5. The van der Waals surface area contributed by atoms with E-state index in [-0.39, 0.29) is 10.6 Å². The number of benzene rings is 1. The van der Waals surface area contributed by atoms with E-state index in [4.69, 9.17) is 22.4 Å². The molecule has 2 atom stereocenters. The SMILES string of the molecule is C[C@@H](O)[C@H](N)c1c(F)cc(Cl)cc1F. The Kier molecular flexibility index (Phi) is 3.42. The summed E-state index contributed by atoms with van der Waals surface area (Å²) in [5, 5.41) is 9.06. The summed E-state index contributed by atoms with van der Waals surface area (Å²) in [6.07, 6.45) is -1.03. The number of aliphatic hydroxyl groups excluding tert-OH is 1. The van der Waals surface area contributed by atoms with Crippen LogP contribution in [0.3, 0.4) is 0 Å². The number of hydrogen-bond donors (Lipinski definition) is 2. The lowest BCUT2D eigenvalue weighted by Gasteiger charge is -2.16. The molecule has 0 aromatic heterocycles. The fourth-order valence-electron chi connectivity index (χ4n) is 1.11. The highest BCUT2D eigenvalue weighted by Crippen LogP contribution is 2.24. The summed E-state index contributed by atoms with van der Waals surface area (Å²) in [5.74, 6) is -1.69. The fourth-order valence-corrected chi connectivity index (χ4v) is 1.30. The Morgan fingerprint density at radius 2 is 1.79 bits per heavy atom. The zero-order valence-electron chi connectivity index (χ0n) is 7.47. The zero-order chi connectivity index (χ0) is 10.9. The standard InChI is InChI=1S/C9H10ClF2NO/c1-4(14)9(13)8-6(11)2-5(10)3-7(8)12/h2-4,9,14H,13H2,1H3/t4-,9+/m1/s1. The quantitative estimate of drug-likeness (QED) is 0.803. The third-order valence-corrected chi connectivity index (χ3v) is 2.12. The van der Waals surface area contributed by atoms with E-state index >= 15 is 0 Å². The van der Waals surface area contributed by atoms with Crippen molar-refractivity contribution in [3.63, 3.8) is 0 Å². The van der Waals surface area contributed by atoms with Crippen LogP contribution >= 0.6 is 11.6 Å². The molecule has 0 unspecified atom stereocenters. The van der Waals surface area contributed by atoms with Gasteiger partial charge < -0.3 is 10.8 Å². The van der Waals surface area contributed by atoms with Crippen molar-refractivity contribution in [1.29, 1.82) is 0 Å². The van der Waals surface area contributed by atoms with E-state index in [1.807, 2.05) is 0 Å². The van der Waals surface area contributed by atoms with Crippen LogP contribution in [0.1, 0.15) is 18.5 Å². The first-order valence-electron chi connectivity index (χ1n) is 4.01. The lowest BCUT2D eigenvalue weighted by Crippen LogP contribution is -2.25. The van der Waals surface area contributed by atoms with Crippen LogP contribution in [0.25, 0.3) is 0 Å². The molecule has 0 spiro atoms. The van der Waals surface area contributed by atoms with Crippen molar-refractivity contribution in [2.45, 2.75) is 19.1 Å². The Morgan fingerprint density at radius 3 is 2.14 bits per heavy atom. The minimum Gasteiger partial charge on any atom is -0.391 e. The van der Waals surface area contributed by atoms with Crippen LogP contribution in [-0.4, -0.2) is 11.2 Å². The topological polar surface area (TPSA) is 46.2 Å². The number of halogens is 3. The van der Waals surface area contributed by atoms with Gasteiger partial charge in [0.1, 0.15) is 11.6 Å². The molecule has 1 aromatic carbocycles. The Hall–Kier alpha value is -0.710. The van der Waals surface area contributed by atoms with Crippen LogP contribution in [0, 0.1) is 11.6 Å². The summed E-state index contributed by atoms with van der Waals surface area (Å²) in [6, 6.07) is 0.831. The van der Waals surface area contributed by atoms with Crippen molar-refractivity contribution in [3.8, 4) is 0 Å². The molecule has 0 saturated heterocycles. The molecular weight excluding hydrogens is 212 g/mol. The first kappa shape index (κ1) is 11.4. The van der Waals surface area contributed by atoms with Gasteiger partial charge in [-0.3, -0.25) is 0 Å². The van der Waals surface area contributed by atoms with Crippen molar-refractivity contribution in [3.05, 3.63) is 34.4 Å². The third kappa shape index (κ3) is 2.20. The monoisotopic (exact) mass is 221 g/mol. The highest BCUT2D eigenvalue weighted by Gasteiger charge is 2.21. The second-order valence-corrected chi connectivity index (χ2v) is 3.49. The van der Waals surface area contributed by atoms with Gasteiger partial charge in [0, 0.05) is 10.6 Å². The maximum Gasteiger partial charge on any atom is 0.132 e. The van der Waals surface area contributed by atoms with Crippen molar-refractivity contribution < 1.29 is 13.9 Å². The predicted molar refractivity (Wildman–Crippen MR) is 50.0 cm³/mol. The summed E-state index contributed by atoms with van der Waals surface area (Å²) < 4.78 is 26.4. The minimum absolute atomic E-state index is 0.0402. The molecule has 1 rings (SSSR count). The van der Waals surface area contributed by atoms with Crippen LogP contribution in [0.4, 0.5) is 8.78 Å². The summed E-state index contributed by atoms with van der Waals surface area (Å²) in [4.78, 5) is 0. The van der Waals surface area contributed by atoms with Gasteiger partial charge in [0.15, 0.2) is 0 Å². The van der Waals surface area contributed by atoms with Crippen LogP contribution < -0.4 is 5.73 Å². The normalized spacial score (nSPS) is 15.3. The molecule has 2 nitrogen and oxygen atoms in total. The molecule has 0 amide bonds. The van der Waals surface area contributed by atoms with Crippen molar-refractivity contribution in [1.82, 2.24) is 0 Å². The molecular formula is C9H10ClF2NO. The molecule has 0 heterocycles. The molecule has 78 valence electrons. The summed E-state index contributed by atoms with van der Waals surface area (Å²) >= 11 is 5.42. The van der Waals surface area contributed by atoms with E-state index in [2.05, 4.69) is 0 Å². The molecule has 5 heteroatoms. The average Bonchev–Trinajstić information content (AvgIpc) is 2.01. The maximum absolute atomic E-state index is 13.2. The minimum atomic E-state index is -1.09. The largest absolute Gasteiger partial charge is 0.391 e. The van der Waals surface area contributed by atoms with Gasteiger partial charge in [0.05, 0.1) is 12.1 Å². The number of rotatable bonds is 2. The molecule has 0 aliphatic heterocycles. The molecule has 3 N–H and O–H groups in total. The second kappa shape index (κ2) is 4.21. The van der Waals surface area contributed by atoms with E-state index < -0.39 is 23.8 Å². The maximum atomic E-state index is 13.2. The van der Waals surface area contributed by atoms with Crippen molar-refractivity contribution >= 4 is 11.6 Å². The van der Waals surface area contributed by atoms with Crippen LogP contribution in [0.2, 0.25) is 5.02 Å². The molecule has 0 fully saturated rings. The lowest BCUT2D eigenvalue weighted by molar-refractivity contribution is 0.160. The van der Waals surface area contributed by atoms with E-state index in [1.54, 1.807) is 0 Å². The van der Waals surface area contributed by atoms with Gasteiger partial charge in [0.25, 0.3) is 0 Å². The lowest BCUT2D eigenvalue weighted by atomic mass is 10.0. The summed E-state index contributed by atoms with van der Waals surface area (Å²) in [6.45, 7) is 1.36. The molecule has 1 aromatic rings. The van der Waals surface area contributed by atoms with Crippen LogP contribution in [0.5, 0.6) is 0 Å². The number of nitrogens with two attached hydrogens (primary N) is 1. The van der Waals surface area contributed by atoms with Gasteiger partial charge in [-0.2, -0.15) is 0 Å². The Bertz CT molecular complexity index is 321. The number of aliphatic hydroxyl groups is 1. The smallest absolute Gasteiger partial charge is 0.132 e. The van der Waals surface area contributed by atoms with Gasteiger partial charge in [0.2, 0.25) is 0 Å². The van der Waals surface area contributed by atoms with Crippen molar-refractivity contribution in [2.75, 3.05) is 0 Å². The predicted octanol–water partition coefficient (Wildman–Crippen LogP) is 2.00. The molecule has 14 heavy (non-hydrogen) atoms. The average molecular weight is 222 g/mol. The third-order valence-electron chi connectivity index (χ3n) is 1.90. The zero-order valence-corrected chi connectivity index (χ0v) is 8.22. The van der Waals surface area contributed by atoms with Crippen LogP contribution in [-0.2, 0) is 0 Å². The van der Waals surface area contributed by atoms with Gasteiger partial charge in [-0.1, -0.05) is 11.6 Å². The summed E-state index contributed by atoms with van der Waals surface area (Å²) in [7, 11) is 0. The first-order valence-corrected chi connectivity index (χ1v) is 4.39. The second-order valence-electron chi connectivity index (χ2n) is 3.05. The molecule has 0 radical (unpaired) electrons. The fraction of sp³-hybridized carbons (Fsp3) is 0.333. The van der Waals surface area contributed by atoms with E-state index in [0.717, 1.165) is 12.1 Å². The van der Waals surface area contributed by atoms with Crippen molar-refractivity contribution in [2.24, 2.45) is 5.73 Å².